The molecule has 9 heteroatoms. The van der Waals surface area contributed by atoms with Gasteiger partial charge in [0, 0.05) is 55.8 Å². The molecule has 0 saturated carbocycles. The summed E-state index contributed by atoms with van der Waals surface area (Å²) in [6.45, 7) is 1.85. The van der Waals surface area contributed by atoms with Gasteiger partial charge in [-0.15, -0.1) is 0 Å². The average molecular weight is 514 g/mol. The van der Waals surface area contributed by atoms with Crippen molar-refractivity contribution in [3.63, 3.8) is 0 Å². The number of amides is 1. The Hall–Kier alpha value is -4.66. The Morgan fingerprint density at radius 3 is 2.74 bits per heavy atom. The third-order valence-corrected chi connectivity index (χ3v) is 6.90. The fraction of sp³-hybridized carbons (Fsp3) is 0.200. The van der Waals surface area contributed by atoms with Crippen LogP contribution in [0.15, 0.2) is 91.4 Å². The zero-order valence-electron chi connectivity index (χ0n) is 21.4. The van der Waals surface area contributed by atoms with Gasteiger partial charge in [0.05, 0.1) is 5.69 Å². The number of likely N-dealkylation sites (tertiary alicyclic amines) is 1. The van der Waals surface area contributed by atoms with Crippen LogP contribution in [0.4, 0.5) is 5.82 Å². The van der Waals surface area contributed by atoms with Crippen LogP contribution in [-0.4, -0.2) is 51.3 Å². The molecule has 1 aliphatic rings. The summed E-state index contributed by atoms with van der Waals surface area (Å²) in [5.41, 5.74) is 3.67. The van der Waals surface area contributed by atoms with Crippen LogP contribution in [-0.2, 0) is 6.54 Å². The molecule has 1 unspecified atom stereocenters. The molecule has 39 heavy (non-hydrogen) atoms. The highest BCUT2D eigenvalue weighted by molar-refractivity contribution is 6.36. The SMILES string of the molecule is [B]c1cnn2c(NCc3cccnc3)cc(C3CCCN(C(=O)c4cccc(Oc5ccccc5)c4)C3)nc12. The fourth-order valence-corrected chi connectivity index (χ4v) is 4.93. The standard InChI is InChI=1S/C30H27BN6O2/c31-26-19-34-37-28(33-18-21-7-5-13-32-17-21)16-27(35-29(26)37)23-9-6-14-36(20-23)30(38)22-8-4-12-25(15-22)39-24-10-2-1-3-11-24/h1-5,7-8,10-13,15-17,19,23,33H,6,9,14,18,20H2. The number of rotatable bonds is 7. The molecule has 2 aromatic carbocycles. The van der Waals surface area contributed by atoms with Gasteiger partial charge in [-0.25, -0.2) is 4.98 Å². The Labute approximate surface area is 228 Å². The number of hydrogen-bond donors (Lipinski definition) is 1. The van der Waals surface area contributed by atoms with Crippen LogP contribution >= 0.6 is 0 Å². The molecule has 1 amide bonds. The zero-order valence-corrected chi connectivity index (χ0v) is 21.4. The Morgan fingerprint density at radius 1 is 1.03 bits per heavy atom. The summed E-state index contributed by atoms with van der Waals surface area (Å²) < 4.78 is 7.67. The van der Waals surface area contributed by atoms with Gasteiger partial charge >= 0.3 is 0 Å². The number of piperidine rings is 1. The molecule has 0 bridgehead atoms. The smallest absolute Gasteiger partial charge is 0.254 e. The third kappa shape index (κ3) is 5.48. The molecule has 2 radical (unpaired) electrons. The second-order valence-electron chi connectivity index (χ2n) is 9.65. The van der Waals surface area contributed by atoms with Crippen molar-refractivity contribution in [2.24, 2.45) is 0 Å². The topological polar surface area (TPSA) is 84.7 Å². The molecule has 1 atom stereocenters. The fourth-order valence-electron chi connectivity index (χ4n) is 4.93. The van der Waals surface area contributed by atoms with Gasteiger partial charge in [0.2, 0.25) is 0 Å². The van der Waals surface area contributed by atoms with Gasteiger partial charge < -0.3 is 15.0 Å². The van der Waals surface area contributed by atoms with Crippen molar-refractivity contribution in [3.05, 3.63) is 108 Å². The molecular formula is C30H27BN6O2. The van der Waals surface area contributed by atoms with Gasteiger partial charge in [0.1, 0.15) is 25.2 Å². The monoisotopic (exact) mass is 514 g/mol. The van der Waals surface area contributed by atoms with Crippen molar-refractivity contribution in [1.82, 2.24) is 24.5 Å². The van der Waals surface area contributed by atoms with Crippen LogP contribution in [0.1, 0.15) is 40.4 Å². The van der Waals surface area contributed by atoms with E-state index in [9.17, 15) is 4.79 Å². The molecule has 6 rings (SSSR count). The van der Waals surface area contributed by atoms with E-state index in [0.29, 0.717) is 42.1 Å². The van der Waals surface area contributed by atoms with Crippen LogP contribution < -0.4 is 15.5 Å². The van der Waals surface area contributed by atoms with Gasteiger partial charge in [-0.2, -0.15) is 9.61 Å². The Bertz CT molecular complexity index is 1590. The number of para-hydroxylation sites is 1. The Morgan fingerprint density at radius 2 is 1.90 bits per heavy atom. The lowest BCUT2D eigenvalue weighted by Gasteiger charge is -2.33. The zero-order chi connectivity index (χ0) is 26.6. The second-order valence-corrected chi connectivity index (χ2v) is 9.65. The van der Waals surface area contributed by atoms with Crippen molar-refractivity contribution >= 4 is 30.7 Å². The Kier molecular flexibility index (Phi) is 6.95. The summed E-state index contributed by atoms with van der Waals surface area (Å²) in [7, 11) is 6.21. The second kappa shape index (κ2) is 11.0. The van der Waals surface area contributed by atoms with Gasteiger partial charge in [-0.05, 0) is 60.3 Å². The maximum atomic E-state index is 13.5. The summed E-state index contributed by atoms with van der Waals surface area (Å²) >= 11 is 0. The average Bonchev–Trinajstić information content (AvgIpc) is 3.37. The van der Waals surface area contributed by atoms with E-state index >= 15 is 0 Å². The van der Waals surface area contributed by atoms with E-state index in [1.165, 1.54) is 0 Å². The third-order valence-electron chi connectivity index (χ3n) is 6.90. The highest BCUT2D eigenvalue weighted by atomic mass is 16.5. The molecule has 1 saturated heterocycles. The normalized spacial score (nSPS) is 15.3. The molecule has 1 N–H and O–H groups in total. The molecule has 1 fully saturated rings. The van der Waals surface area contributed by atoms with Crippen LogP contribution in [0.2, 0.25) is 0 Å². The number of fused-ring (bicyclic) bond motifs is 1. The molecule has 192 valence electrons. The van der Waals surface area contributed by atoms with Gasteiger partial charge in [0.15, 0.2) is 5.65 Å². The summed E-state index contributed by atoms with van der Waals surface area (Å²) in [6.07, 6.45) is 7.01. The number of carbonyl (C=O) groups excluding carboxylic acids is 1. The van der Waals surface area contributed by atoms with Crippen LogP contribution in [0, 0.1) is 0 Å². The summed E-state index contributed by atoms with van der Waals surface area (Å²) in [6, 6.07) is 22.8. The van der Waals surface area contributed by atoms with Crippen molar-refractivity contribution in [2.45, 2.75) is 25.3 Å². The highest BCUT2D eigenvalue weighted by Gasteiger charge is 2.27. The number of benzene rings is 2. The van der Waals surface area contributed by atoms with E-state index in [2.05, 4.69) is 15.4 Å². The number of aromatic nitrogens is 4. The van der Waals surface area contributed by atoms with E-state index in [0.717, 1.165) is 35.7 Å². The number of ether oxygens (including phenoxy) is 1. The number of pyridine rings is 1. The molecule has 0 aliphatic carbocycles. The number of carbonyl (C=O) groups is 1. The first kappa shape index (κ1) is 24.7. The summed E-state index contributed by atoms with van der Waals surface area (Å²) in [5, 5.41) is 7.87. The number of nitrogens with zero attached hydrogens (tertiary/aromatic N) is 5. The largest absolute Gasteiger partial charge is 0.457 e. The minimum atomic E-state index is -0.0157. The highest BCUT2D eigenvalue weighted by Crippen LogP contribution is 2.29. The lowest BCUT2D eigenvalue weighted by Crippen LogP contribution is -2.39. The molecule has 0 spiro atoms. The first-order valence-corrected chi connectivity index (χ1v) is 13.0. The van der Waals surface area contributed by atoms with Crippen molar-refractivity contribution in [2.75, 3.05) is 18.4 Å². The first-order chi connectivity index (χ1) is 19.1. The molecule has 8 nitrogen and oxygen atoms in total. The number of anilines is 1. The van der Waals surface area contributed by atoms with Crippen molar-refractivity contribution in [3.8, 4) is 11.5 Å². The van der Waals surface area contributed by atoms with E-state index < -0.39 is 0 Å². The van der Waals surface area contributed by atoms with Crippen LogP contribution in [0.5, 0.6) is 11.5 Å². The first-order valence-electron chi connectivity index (χ1n) is 13.0. The molecular weight excluding hydrogens is 487 g/mol. The maximum absolute atomic E-state index is 13.5. The minimum absolute atomic E-state index is 0.0157. The maximum Gasteiger partial charge on any atom is 0.254 e. The van der Waals surface area contributed by atoms with Crippen LogP contribution in [0.3, 0.4) is 0 Å². The number of hydrogen-bond acceptors (Lipinski definition) is 6. The lowest BCUT2D eigenvalue weighted by atomic mass is 9.93. The van der Waals surface area contributed by atoms with E-state index in [1.807, 2.05) is 77.8 Å². The predicted molar refractivity (Wildman–Crippen MR) is 151 cm³/mol. The molecule has 3 aromatic heterocycles. The van der Waals surface area contributed by atoms with E-state index in [4.69, 9.17) is 17.6 Å². The number of nitrogens with one attached hydrogen (secondary N) is 1. The molecule has 1 aliphatic heterocycles. The predicted octanol–water partition coefficient (Wildman–Crippen LogP) is 4.34. The minimum Gasteiger partial charge on any atom is -0.457 e. The van der Waals surface area contributed by atoms with Gasteiger partial charge in [-0.1, -0.05) is 30.3 Å². The molecule has 4 heterocycles. The van der Waals surface area contributed by atoms with E-state index in [1.54, 1.807) is 23.0 Å². The van der Waals surface area contributed by atoms with Crippen LogP contribution in [0.25, 0.3) is 5.65 Å². The van der Waals surface area contributed by atoms with Gasteiger partial charge in [0.25, 0.3) is 5.91 Å². The summed E-state index contributed by atoms with van der Waals surface area (Å²) in [5.74, 6) is 2.22. The van der Waals surface area contributed by atoms with Crippen molar-refractivity contribution < 1.29 is 9.53 Å². The molecule has 5 aromatic rings. The van der Waals surface area contributed by atoms with Crippen molar-refractivity contribution in [1.29, 1.82) is 0 Å². The van der Waals surface area contributed by atoms with Gasteiger partial charge in [-0.3, -0.25) is 9.78 Å². The summed E-state index contributed by atoms with van der Waals surface area (Å²) in [4.78, 5) is 24.5. The lowest BCUT2D eigenvalue weighted by molar-refractivity contribution is 0.0705. The quantitative estimate of drug-likeness (QED) is 0.326. The van der Waals surface area contributed by atoms with E-state index in [-0.39, 0.29) is 11.8 Å². The Balaban J connectivity index is 1.21.